The molecule has 1 fully saturated rings. The Morgan fingerprint density at radius 3 is 2.50 bits per heavy atom. The molecule has 1 aliphatic heterocycles. The van der Waals surface area contributed by atoms with Gasteiger partial charge in [0.05, 0.1) is 12.2 Å². The molecule has 1 saturated heterocycles. The van der Waals surface area contributed by atoms with Crippen molar-refractivity contribution in [1.82, 2.24) is 4.90 Å². The first-order valence-corrected chi connectivity index (χ1v) is 6.18. The number of hydrogen-bond donors (Lipinski definition) is 0. The van der Waals surface area contributed by atoms with E-state index in [4.69, 9.17) is 4.74 Å². The van der Waals surface area contributed by atoms with Gasteiger partial charge >= 0.3 is 0 Å². The molecule has 1 heterocycles. The Kier molecular flexibility index (Phi) is 3.66. The monoisotopic (exact) mass is 251 g/mol. The van der Waals surface area contributed by atoms with Crippen LogP contribution in [0.1, 0.15) is 29.8 Å². The van der Waals surface area contributed by atoms with Gasteiger partial charge in [0.2, 0.25) is 0 Å². The third-order valence-corrected chi connectivity index (χ3v) is 3.11. The average molecular weight is 251 g/mol. The van der Waals surface area contributed by atoms with Crippen LogP contribution in [0.2, 0.25) is 0 Å². The number of carbonyl (C=O) groups excluding carboxylic acids is 1. The molecule has 0 N–H and O–H groups in total. The fourth-order valence-corrected chi connectivity index (χ4v) is 2.30. The largest absolute Gasteiger partial charge is 0.372 e. The highest BCUT2D eigenvalue weighted by molar-refractivity contribution is 5.94. The van der Waals surface area contributed by atoms with Crippen molar-refractivity contribution in [1.29, 1.82) is 0 Å². The molecule has 2 atom stereocenters. The first-order chi connectivity index (χ1) is 8.47. The fourth-order valence-electron chi connectivity index (χ4n) is 2.30. The number of morpholine rings is 1. The van der Waals surface area contributed by atoms with Crippen molar-refractivity contribution in [2.24, 2.45) is 0 Å². The standard InChI is InChI=1S/C14H18FNO2/c1-9-6-12(4-5-13(9)15)14(17)16-7-10(2)18-11(3)8-16/h4-6,10-11H,7-8H2,1-3H3. The number of nitrogens with zero attached hydrogens (tertiary/aromatic N) is 1. The van der Waals surface area contributed by atoms with Crippen LogP contribution in [-0.4, -0.2) is 36.1 Å². The summed E-state index contributed by atoms with van der Waals surface area (Å²) in [7, 11) is 0. The SMILES string of the molecule is Cc1cc(C(=O)N2CC(C)OC(C)C2)ccc1F. The van der Waals surface area contributed by atoms with E-state index in [1.807, 2.05) is 13.8 Å². The minimum atomic E-state index is -0.282. The van der Waals surface area contributed by atoms with Crippen molar-refractivity contribution in [3.8, 4) is 0 Å². The molecule has 1 aliphatic rings. The van der Waals surface area contributed by atoms with Crippen molar-refractivity contribution in [2.45, 2.75) is 33.0 Å². The second kappa shape index (κ2) is 5.06. The maximum atomic E-state index is 13.2. The number of halogens is 1. The van der Waals surface area contributed by atoms with Gasteiger partial charge in [-0.2, -0.15) is 0 Å². The van der Waals surface area contributed by atoms with Crippen molar-refractivity contribution in [3.05, 3.63) is 35.1 Å². The van der Waals surface area contributed by atoms with Crippen LogP contribution in [0.5, 0.6) is 0 Å². The van der Waals surface area contributed by atoms with Crippen molar-refractivity contribution < 1.29 is 13.9 Å². The zero-order valence-electron chi connectivity index (χ0n) is 10.9. The lowest BCUT2D eigenvalue weighted by atomic mass is 10.1. The second-order valence-electron chi connectivity index (χ2n) is 4.93. The van der Waals surface area contributed by atoms with Gasteiger partial charge in [-0.15, -0.1) is 0 Å². The average Bonchev–Trinajstić information content (AvgIpc) is 2.30. The zero-order chi connectivity index (χ0) is 13.3. The van der Waals surface area contributed by atoms with E-state index >= 15 is 0 Å². The first kappa shape index (κ1) is 13.0. The van der Waals surface area contributed by atoms with Gasteiger partial charge in [0.15, 0.2) is 0 Å². The van der Waals surface area contributed by atoms with Crippen LogP contribution >= 0.6 is 0 Å². The van der Waals surface area contributed by atoms with E-state index in [1.54, 1.807) is 17.9 Å². The van der Waals surface area contributed by atoms with Gasteiger partial charge in [0.25, 0.3) is 5.91 Å². The summed E-state index contributed by atoms with van der Waals surface area (Å²) in [4.78, 5) is 14.1. The predicted molar refractivity (Wildman–Crippen MR) is 67.0 cm³/mol. The molecular weight excluding hydrogens is 233 g/mol. The lowest BCUT2D eigenvalue weighted by molar-refractivity contribution is -0.0586. The molecule has 0 radical (unpaired) electrons. The summed E-state index contributed by atoms with van der Waals surface area (Å²) in [5.41, 5.74) is 1.03. The first-order valence-electron chi connectivity index (χ1n) is 6.18. The predicted octanol–water partition coefficient (Wildman–Crippen LogP) is 2.38. The molecule has 4 heteroatoms. The van der Waals surface area contributed by atoms with Crippen LogP contribution in [0.3, 0.4) is 0 Å². The third-order valence-electron chi connectivity index (χ3n) is 3.11. The van der Waals surface area contributed by atoms with Crippen LogP contribution in [0.4, 0.5) is 4.39 Å². The van der Waals surface area contributed by atoms with Gasteiger partial charge in [0, 0.05) is 18.7 Å². The summed E-state index contributed by atoms with van der Waals surface area (Å²) in [5, 5.41) is 0. The van der Waals surface area contributed by atoms with Crippen LogP contribution in [0.15, 0.2) is 18.2 Å². The van der Waals surface area contributed by atoms with E-state index < -0.39 is 0 Å². The molecule has 1 aromatic rings. The minimum absolute atomic E-state index is 0.0410. The summed E-state index contributed by atoms with van der Waals surface area (Å²) in [6.45, 7) is 6.73. The Morgan fingerprint density at radius 1 is 1.33 bits per heavy atom. The molecule has 0 aromatic heterocycles. The van der Waals surface area contributed by atoms with E-state index in [0.717, 1.165) is 0 Å². The Labute approximate surface area is 107 Å². The lowest BCUT2D eigenvalue weighted by Gasteiger charge is -2.35. The molecule has 3 nitrogen and oxygen atoms in total. The number of aryl methyl sites for hydroxylation is 1. The van der Waals surface area contributed by atoms with Gasteiger partial charge in [-0.25, -0.2) is 4.39 Å². The van der Waals surface area contributed by atoms with E-state index in [9.17, 15) is 9.18 Å². The van der Waals surface area contributed by atoms with Crippen molar-refractivity contribution in [2.75, 3.05) is 13.1 Å². The molecular formula is C14H18FNO2. The van der Waals surface area contributed by atoms with Crippen LogP contribution in [0.25, 0.3) is 0 Å². The lowest BCUT2D eigenvalue weighted by Crippen LogP contribution is -2.48. The number of rotatable bonds is 1. The Balaban J connectivity index is 2.17. The minimum Gasteiger partial charge on any atom is -0.372 e. The van der Waals surface area contributed by atoms with E-state index in [1.165, 1.54) is 12.1 Å². The van der Waals surface area contributed by atoms with Crippen LogP contribution in [-0.2, 0) is 4.74 Å². The maximum absolute atomic E-state index is 13.2. The van der Waals surface area contributed by atoms with Gasteiger partial charge in [-0.1, -0.05) is 0 Å². The smallest absolute Gasteiger partial charge is 0.254 e. The van der Waals surface area contributed by atoms with E-state index in [0.29, 0.717) is 24.2 Å². The quantitative estimate of drug-likeness (QED) is 0.767. The second-order valence-corrected chi connectivity index (χ2v) is 4.93. The summed E-state index contributed by atoms with van der Waals surface area (Å²) >= 11 is 0. The Hall–Kier alpha value is -1.42. The van der Waals surface area contributed by atoms with Crippen molar-refractivity contribution in [3.63, 3.8) is 0 Å². The van der Waals surface area contributed by atoms with Gasteiger partial charge in [-0.05, 0) is 44.5 Å². The molecule has 2 unspecified atom stereocenters. The number of carbonyl (C=O) groups is 1. The highest BCUT2D eigenvalue weighted by atomic mass is 19.1. The third kappa shape index (κ3) is 2.70. The molecule has 2 rings (SSSR count). The molecule has 98 valence electrons. The molecule has 1 aromatic carbocycles. The van der Waals surface area contributed by atoms with E-state index in [-0.39, 0.29) is 23.9 Å². The number of hydrogen-bond acceptors (Lipinski definition) is 2. The summed E-state index contributed by atoms with van der Waals surface area (Å²) in [6.07, 6.45) is 0.0819. The van der Waals surface area contributed by atoms with Crippen LogP contribution in [0, 0.1) is 12.7 Å². The maximum Gasteiger partial charge on any atom is 0.254 e. The Bertz CT molecular complexity index is 451. The van der Waals surface area contributed by atoms with Crippen LogP contribution < -0.4 is 0 Å². The molecule has 0 aliphatic carbocycles. The Morgan fingerprint density at radius 2 is 1.94 bits per heavy atom. The fraction of sp³-hybridized carbons (Fsp3) is 0.500. The molecule has 18 heavy (non-hydrogen) atoms. The molecule has 0 spiro atoms. The molecule has 1 amide bonds. The summed E-state index contributed by atoms with van der Waals surface area (Å²) in [5.74, 6) is -0.338. The summed E-state index contributed by atoms with van der Waals surface area (Å²) < 4.78 is 18.8. The summed E-state index contributed by atoms with van der Waals surface area (Å²) in [6, 6.07) is 4.48. The topological polar surface area (TPSA) is 29.5 Å². The van der Waals surface area contributed by atoms with Crippen molar-refractivity contribution >= 4 is 5.91 Å². The number of amides is 1. The van der Waals surface area contributed by atoms with Gasteiger partial charge in [-0.3, -0.25) is 4.79 Å². The van der Waals surface area contributed by atoms with Gasteiger partial charge in [0.1, 0.15) is 5.82 Å². The highest BCUT2D eigenvalue weighted by Gasteiger charge is 2.26. The van der Waals surface area contributed by atoms with Gasteiger partial charge < -0.3 is 9.64 Å². The molecule has 0 saturated carbocycles. The number of ether oxygens (including phenoxy) is 1. The normalized spacial score (nSPS) is 24.1. The van der Waals surface area contributed by atoms with E-state index in [2.05, 4.69) is 0 Å². The number of benzene rings is 1. The zero-order valence-corrected chi connectivity index (χ0v) is 10.9. The highest BCUT2D eigenvalue weighted by Crippen LogP contribution is 2.16. The molecule has 0 bridgehead atoms.